The molecule has 1 aliphatic rings. The van der Waals surface area contributed by atoms with Gasteiger partial charge in [0, 0.05) is 24.3 Å². The number of anilines is 1. The highest BCUT2D eigenvalue weighted by atomic mass is 16.2. The quantitative estimate of drug-likeness (QED) is 0.845. The number of nitrogens with one attached hydrogen (secondary N) is 1. The average molecular weight is 289 g/mol. The molecule has 0 fully saturated rings. The van der Waals surface area contributed by atoms with Crippen LogP contribution >= 0.6 is 0 Å². The lowest BCUT2D eigenvalue weighted by molar-refractivity contribution is -0.120. The predicted molar refractivity (Wildman–Crippen MR) is 87.5 cm³/mol. The Kier molecular flexibility index (Phi) is 5.23. The summed E-state index contributed by atoms with van der Waals surface area (Å²) in [6.45, 7) is 7.55. The number of benzene rings is 1. The monoisotopic (exact) mass is 289 g/mol. The Balaban J connectivity index is 1.98. The summed E-state index contributed by atoms with van der Waals surface area (Å²) in [5.74, 6) is 0.111. The number of carbonyl (C=O) groups excluding carboxylic acids is 1. The molecule has 1 aliphatic heterocycles. The van der Waals surface area contributed by atoms with Crippen LogP contribution < -0.4 is 16.0 Å². The summed E-state index contributed by atoms with van der Waals surface area (Å²) in [4.78, 5) is 14.3. The van der Waals surface area contributed by atoms with Crippen molar-refractivity contribution >= 4 is 11.6 Å². The molecule has 0 aromatic heterocycles. The Morgan fingerprint density at radius 2 is 2.19 bits per heavy atom. The molecule has 1 heterocycles. The molecule has 21 heavy (non-hydrogen) atoms. The molecule has 0 spiro atoms. The van der Waals surface area contributed by atoms with Crippen LogP contribution in [-0.2, 0) is 11.2 Å². The fourth-order valence-corrected chi connectivity index (χ4v) is 2.94. The van der Waals surface area contributed by atoms with Crippen molar-refractivity contribution in [2.24, 2.45) is 5.73 Å². The van der Waals surface area contributed by atoms with Gasteiger partial charge in [-0.3, -0.25) is 4.79 Å². The first kappa shape index (κ1) is 15.8. The number of amides is 1. The Bertz CT molecular complexity index is 499. The molecule has 116 valence electrons. The Morgan fingerprint density at radius 3 is 2.86 bits per heavy atom. The second-order valence-electron chi connectivity index (χ2n) is 6.11. The molecular formula is C17H27N3O. The van der Waals surface area contributed by atoms with E-state index in [1.165, 1.54) is 11.3 Å². The van der Waals surface area contributed by atoms with Gasteiger partial charge in [-0.05, 0) is 43.9 Å². The molecule has 4 heteroatoms. The molecule has 0 saturated carbocycles. The Morgan fingerprint density at radius 1 is 1.43 bits per heavy atom. The molecule has 1 aromatic rings. The topological polar surface area (TPSA) is 58.4 Å². The maximum absolute atomic E-state index is 12.1. The van der Waals surface area contributed by atoms with Crippen LogP contribution in [0.2, 0.25) is 0 Å². The van der Waals surface area contributed by atoms with Gasteiger partial charge in [0.15, 0.2) is 0 Å². The number of rotatable bonds is 6. The van der Waals surface area contributed by atoms with Gasteiger partial charge in [-0.25, -0.2) is 0 Å². The van der Waals surface area contributed by atoms with E-state index in [-0.39, 0.29) is 18.0 Å². The van der Waals surface area contributed by atoms with Gasteiger partial charge in [0.05, 0.1) is 6.54 Å². The predicted octanol–water partition coefficient (Wildman–Crippen LogP) is 2.37. The first-order chi connectivity index (χ1) is 10.0. The second kappa shape index (κ2) is 6.94. The second-order valence-corrected chi connectivity index (χ2v) is 6.11. The molecule has 3 N–H and O–H groups in total. The van der Waals surface area contributed by atoms with Crippen LogP contribution in [0.5, 0.6) is 0 Å². The van der Waals surface area contributed by atoms with Crippen molar-refractivity contribution in [3.8, 4) is 0 Å². The summed E-state index contributed by atoms with van der Waals surface area (Å²) in [6.07, 6.45) is 3.11. The minimum atomic E-state index is 0.0579. The molecular weight excluding hydrogens is 262 g/mol. The number of carbonyl (C=O) groups is 1. The molecule has 0 aliphatic carbocycles. The van der Waals surface area contributed by atoms with Gasteiger partial charge >= 0.3 is 0 Å². The highest BCUT2D eigenvalue weighted by molar-refractivity contribution is 5.82. The first-order valence-corrected chi connectivity index (χ1v) is 7.94. The van der Waals surface area contributed by atoms with E-state index >= 15 is 0 Å². The van der Waals surface area contributed by atoms with Crippen LogP contribution in [0.3, 0.4) is 0 Å². The van der Waals surface area contributed by atoms with Gasteiger partial charge in [-0.15, -0.1) is 0 Å². The molecule has 0 bridgehead atoms. The molecule has 4 nitrogen and oxygen atoms in total. The van der Waals surface area contributed by atoms with Crippen LogP contribution in [0.25, 0.3) is 0 Å². The maximum Gasteiger partial charge on any atom is 0.239 e. The van der Waals surface area contributed by atoms with E-state index in [4.69, 9.17) is 5.73 Å². The number of nitrogens with zero attached hydrogens (tertiary/aromatic N) is 1. The summed E-state index contributed by atoms with van der Waals surface area (Å²) in [5, 5.41) is 3.07. The van der Waals surface area contributed by atoms with E-state index in [2.05, 4.69) is 42.3 Å². The number of hydrogen-bond donors (Lipinski definition) is 2. The molecule has 0 radical (unpaired) electrons. The van der Waals surface area contributed by atoms with Crippen LogP contribution in [-0.4, -0.2) is 25.0 Å². The zero-order valence-electron chi connectivity index (χ0n) is 13.4. The smallest absolute Gasteiger partial charge is 0.239 e. The highest BCUT2D eigenvalue weighted by Crippen LogP contribution is 2.29. The minimum Gasteiger partial charge on any atom is -0.362 e. The van der Waals surface area contributed by atoms with E-state index in [1.807, 2.05) is 6.92 Å². The summed E-state index contributed by atoms with van der Waals surface area (Å²) in [6, 6.07) is 6.66. The Hall–Kier alpha value is -1.55. The molecule has 2 unspecified atom stereocenters. The first-order valence-electron chi connectivity index (χ1n) is 7.94. The van der Waals surface area contributed by atoms with Crippen molar-refractivity contribution < 1.29 is 4.79 Å². The maximum atomic E-state index is 12.1. The van der Waals surface area contributed by atoms with E-state index < -0.39 is 0 Å². The van der Waals surface area contributed by atoms with Crippen molar-refractivity contribution in [1.82, 2.24) is 5.32 Å². The third-order valence-corrected chi connectivity index (χ3v) is 4.08. The summed E-state index contributed by atoms with van der Waals surface area (Å²) in [5.41, 5.74) is 9.58. The normalized spacial score (nSPS) is 16.5. The molecule has 2 atom stereocenters. The molecule has 1 aromatic carbocycles. The van der Waals surface area contributed by atoms with Crippen LogP contribution in [0.15, 0.2) is 18.2 Å². The van der Waals surface area contributed by atoms with Gasteiger partial charge in [0.25, 0.3) is 0 Å². The van der Waals surface area contributed by atoms with Crippen molar-refractivity contribution in [3.63, 3.8) is 0 Å². The third kappa shape index (κ3) is 3.97. The number of nitrogens with two attached hydrogens (primary N) is 1. The zero-order valence-corrected chi connectivity index (χ0v) is 13.4. The van der Waals surface area contributed by atoms with Crippen molar-refractivity contribution in [2.75, 3.05) is 18.0 Å². The molecule has 2 rings (SSSR count). The van der Waals surface area contributed by atoms with E-state index in [0.717, 1.165) is 31.4 Å². The zero-order chi connectivity index (χ0) is 15.4. The van der Waals surface area contributed by atoms with Gasteiger partial charge in [-0.2, -0.15) is 0 Å². The lowest BCUT2D eigenvalue weighted by atomic mass is 10.0. The lowest BCUT2D eigenvalue weighted by Gasteiger charge is -2.21. The fraction of sp³-hybridized carbons (Fsp3) is 0.588. The minimum absolute atomic E-state index is 0.0579. The lowest BCUT2D eigenvalue weighted by Crippen LogP contribution is -2.40. The third-order valence-electron chi connectivity index (χ3n) is 4.08. The number of fused-ring (bicyclic) bond motifs is 1. The van der Waals surface area contributed by atoms with E-state index in [9.17, 15) is 4.79 Å². The van der Waals surface area contributed by atoms with Crippen LogP contribution in [0, 0.1) is 0 Å². The standard InChI is InChI=1S/C17H27N3O/c1-4-5-12(2)19-17(21)11-20-9-8-15-10-14(13(3)18)6-7-16(15)20/h6-7,10,12-13H,4-5,8-9,11,18H2,1-3H3,(H,19,21). The molecule has 1 amide bonds. The summed E-state index contributed by atoms with van der Waals surface area (Å²) >= 11 is 0. The fourth-order valence-electron chi connectivity index (χ4n) is 2.94. The average Bonchev–Trinajstić information content (AvgIpc) is 2.81. The van der Waals surface area contributed by atoms with Gasteiger partial charge in [-0.1, -0.05) is 25.5 Å². The van der Waals surface area contributed by atoms with Gasteiger partial charge < -0.3 is 16.0 Å². The van der Waals surface area contributed by atoms with Gasteiger partial charge in [0.2, 0.25) is 5.91 Å². The van der Waals surface area contributed by atoms with Crippen molar-refractivity contribution in [3.05, 3.63) is 29.3 Å². The SMILES string of the molecule is CCCC(C)NC(=O)CN1CCc2cc(C(C)N)ccc21. The van der Waals surface area contributed by atoms with Crippen LogP contribution in [0.4, 0.5) is 5.69 Å². The number of hydrogen-bond acceptors (Lipinski definition) is 3. The highest BCUT2D eigenvalue weighted by Gasteiger charge is 2.22. The largest absolute Gasteiger partial charge is 0.362 e. The van der Waals surface area contributed by atoms with Crippen molar-refractivity contribution in [1.29, 1.82) is 0 Å². The molecule has 0 saturated heterocycles. The van der Waals surface area contributed by atoms with E-state index in [0.29, 0.717) is 6.54 Å². The summed E-state index contributed by atoms with van der Waals surface area (Å²) < 4.78 is 0. The van der Waals surface area contributed by atoms with Gasteiger partial charge in [0.1, 0.15) is 0 Å². The van der Waals surface area contributed by atoms with Crippen molar-refractivity contribution in [2.45, 2.75) is 52.1 Å². The Labute approximate surface area is 127 Å². The summed E-state index contributed by atoms with van der Waals surface area (Å²) in [7, 11) is 0. The van der Waals surface area contributed by atoms with Crippen LogP contribution in [0.1, 0.15) is 50.8 Å². The van der Waals surface area contributed by atoms with E-state index in [1.54, 1.807) is 0 Å².